The fourth-order valence-electron chi connectivity index (χ4n) is 3.71. The van der Waals surface area contributed by atoms with Crippen LogP contribution in [-0.4, -0.2) is 29.1 Å². The third-order valence-corrected chi connectivity index (χ3v) is 5.52. The van der Waals surface area contributed by atoms with Gasteiger partial charge in [0.2, 0.25) is 0 Å². The molecule has 1 saturated heterocycles. The van der Waals surface area contributed by atoms with E-state index >= 15 is 0 Å². The molecule has 1 N–H and O–H groups in total. The van der Waals surface area contributed by atoms with Crippen LogP contribution in [0.1, 0.15) is 41.1 Å². The fourth-order valence-corrected chi connectivity index (χ4v) is 3.93. The second kappa shape index (κ2) is 8.13. The van der Waals surface area contributed by atoms with Gasteiger partial charge in [0, 0.05) is 11.6 Å². The third kappa shape index (κ3) is 4.50. The maximum absolute atomic E-state index is 13.3. The summed E-state index contributed by atoms with van der Waals surface area (Å²) in [6.45, 7) is 2.78. The highest BCUT2D eigenvalue weighted by molar-refractivity contribution is 6.31. The number of aliphatic carboxylic acids is 1. The smallest absolute Gasteiger partial charge is 0.416 e. The zero-order valence-electron chi connectivity index (χ0n) is 15.3. The summed E-state index contributed by atoms with van der Waals surface area (Å²) in [5.41, 5.74) is 1.39. The first-order valence-electron chi connectivity index (χ1n) is 9.07. The van der Waals surface area contributed by atoms with Crippen LogP contribution in [0.5, 0.6) is 0 Å². The van der Waals surface area contributed by atoms with E-state index in [-0.39, 0.29) is 11.6 Å². The van der Waals surface area contributed by atoms with Gasteiger partial charge in [-0.05, 0) is 55.6 Å². The zero-order chi connectivity index (χ0) is 20.5. The molecule has 3 rings (SSSR count). The average molecular weight is 412 g/mol. The molecule has 2 unspecified atom stereocenters. The van der Waals surface area contributed by atoms with Crippen LogP contribution in [0, 0.1) is 12.8 Å². The SMILES string of the molecule is Cc1ccc(C(c2cc(C(F)(F)F)ccc2Cl)N2CCCC(C(=O)O)C2)cc1. The Balaban J connectivity index is 2.09. The monoisotopic (exact) mass is 411 g/mol. The molecule has 0 aromatic heterocycles. The fraction of sp³-hybridized carbons (Fsp3) is 0.381. The number of benzene rings is 2. The standard InChI is InChI=1S/C21H21ClF3NO2/c1-13-4-6-14(7-5-13)19(26-10-2-3-15(12-26)20(27)28)17-11-16(21(23,24)25)8-9-18(17)22/h4-9,11,15,19H,2-3,10,12H2,1H3,(H,27,28). The largest absolute Gasteiger partial charge is 0.481 e. The van der Waals surface area contributed by atoms with Crippen LogP contribution in [0.4, 0.5) is 13.2 Å². The minimum atomic E-state index is -4.48. The Labute approximate surface area is 166 Å². The average Bonchev–Trinajstić information content (AvgIpc) is 2.64. The normalized spacial score (nSPS) is 19.4. The van der Waals surface area contributed by atoms with Crippen LogP contribution in [0.3, 0.4) is 0 Å². The second-order valence-electron chi connectivity index (χ2n) is 7.22. The first-order chi connectivity index (χ1) is 13.2. The van der Waals surface area contributed by atoms with Gasteiger partial charge in [0.15, 0.2) is 0 Å². The molecule has 0 aliphatic carbocycles. The van der Waals surface area contributed by atoms with Gasteiger partial charge in [-0.15, -0.1) is 0 Å². The number of piperidine rings is 1. The van der Waals surface area contributed by atoms with E-state index in [2.05, 4.69) is 0 Å². The molecule has 2 aromatic rings. The first-order valence-corrected chi connectivity index (χ1v) is 9.44. The third-order valence-electron chi connectivity index (χ3n) is 5.18. The van der Waals surface area contributed by atoms with E-state index in [9.17, 15) is 23.1 Å². The molecule has 2 aromatic carbocycles. The van der Waals surface area contributed by atoms with Crippen LogP contribution in [-0.2, 0) is 11.0 Å². The molecule has 150 valence electrons. The van der Waals surface area contributed by atoms with Crippen molar-refractivity contribution in [1.82, 2.24) is 4.90 Å². The van der Waals surface area contributed by atoms with Gasteiger partial charge >= 0.3 is 12.1 Å². The Kier molecular flexibility index (Phi) is 6.01. The molecule has 0 bridgehead atoms. The number of carbonyl (C=O) groups is 1. The minimum Gasteiger partial charge on any atom is -0.481 e. The molecule has 28 heavy (non-hydrogen) atoms. The highest BCUT2D eigenvalue weighted by atomic mass is 35.5. The summed E-state index contributed by atoms with van der Waals surface area (Å²) < 4.78 is 39.9. The molecule has 0 saturated carbocycles. The summed E-state index contributed by atoms with van der Waals surface area (Å²) in [7, 11) is 0. The number of halogens is 4. The number of nitrogens with zero attached hydrogens (tertiary/aromatic N) is 1. The Morgan fingerprint density at radius 2 is 1.89 bits per heavy atom. The van der Waals surface area contributed by atoms with E-state index in [1.165, 1.54) is 6.07 Å². The molecular weight excluding hydrogens is 391 g/mol. The second-order valence-corrected chi connectivity index (χ2v) is 7.63. The molecule has 1 heterocycles. The molecule has 0 radical (unpaired) electrons. The highest BCUT2D eigenvalue weighted by Gasteiger charge is 2.35. The number of hydrogen-bond donors (Lipinski definition) is 1. The summed E-state index contributed by atoms with van der Waals surface area (Å²) in [6.07, 6.45) is -3.26. The lowest BCUT2D eigenvalue weighted by Crippen LogP contribution is -2.41. The van der Waals surface area contributed by atoms with Crippen molar-refractivity contribution in [3.8, 4) is 0 Å². The lowest BCUT2D eigenvalue weighted by Gasteiger charge is -2.38. The molecule has 0 spiro atoms. The van der Waals surface area contributed by atoms with Crippen molar-refractivity contribution in [2.75, 3.05) is 13.1 Å². The summed E-state index contributed by atoms with van der Waals surface area (Å²) in [5, 5.41) is 9.65. The Morgan fingerprint density at radius 1 is 1.21 bits per heavy atom. The van der Waals surface area contributed by atoms with Crippen molar-refractivity contribution in [2.24, 2.45) is 5.92 Å². The zero-order valence-corrected chi connectivity index (χ0v) is 16.1. The molecule has 2 atom stereocenters. The predicted octanol–water partition coefficient (Wildman–Crippen LogP) is 5.55. The van der Waals surface area contributed by atoms with Crippen LogP contribution in [0.25, 0.3) is 0 Å². The Hall–Kier alpha value is -2.05. The van der Waals surface area contributed by atoms with Crippen molar-refractivity contribution >= 4 is 17.6 Å². The molecule has 0 amide bonds. The van der Waals surface area contributed by atoms with Gasteiger partial charge in [-0.1, -0.05) is 41.4 Å². The quantitative estimate of drug-likeness (QED) is 0.716. The Bertz CT molecular complexity index is 852. The Morgan fingerprint density at radius 3 is 2.50 bits per heavy atom. The van der Waals surface area contributed by atoms with Gasteiger partial charge in [0.1, 0.15) is 0 Å². The molecule has 1 fully saturated rings. The number of alkyl halides is 3. The number of rotatable bonds is 4. The lowest BCUT2D eigenvalue weighted by molar-refractivity contribution is -0.143. The number of aryl methyl sites for hydroxylation is 1. The van der Waals surface area contributed by atoms with Crippen LogP contribution in [0.2, 0.25) is 5.02 Å². The number of carboxylic acids is 1. The van der Waals surface area contributed by atoms with E-state index < -0.39 is 29.7 Å². The summed E-state index contributed by atoms with van der Waals surface area (Å²) in [4.78, 5) is 13.4. The molecule has 1 aliphatic rings. The maximum Gasteiger partial charge on any atom is 0.416 e. The van der Waals surface area contributed by atoms with Crippen molar-refractivity contribution in [3.63, 3.8) is 0 Å². The van der Waals surface area contributed by atoms with Gasteiger partial charge in [-0.25, -0.2) is 0 Å². The predicted molar refractivity (Wildman–Crippen MR) is 101 cm³/mol. The summed E-state index contributed by atoms with van der Waals surface area (Å²) in [5.74, 6) is -1.44. The number of likely N-dealkylation sites (tertiary alicyclic amines) is 1. The summed E-state index contributed by atoms with van der Waals surface area (Å²) >= 11 is 6.33. The molecule has 1 aliphatic heterocycles. The van der Waals surface area contributed by atoms with Crippen LogP contribution in [0.15, 0.2) is 42.5 Å². The van der Waals surface area contributed by atoms with E-state index in [1.807, 2.05) is 36.1 Å². The first kappa shape index (κ1) is 20.7. The van der Waals surface area contributed by atoms with Gasteiger partial charge in [-0.2, -0.15) is 13.2 Å². The number of carboxylic acid groups (broad SMARTS) is 1. The minimum absolute atomic E-state index is 0.232. The van der Waals surface area contributed by atoms with Crippen LogP contribution < -0.4 is 0 Å². The van der Waals surface area contributed by atoms with Crippen LogP contribution >= 0.6 is 11.6 Å². The van der Waals surface area contributed by atoms with E-state index in [4.69, 9.17) is 11.6 Å². The lowest BCUT2D eigenvalue weighted by atomic mass is 9.90. The van der Waals surface area contributed by atoms with Crippen molar-refractivity contribution in [2.45, 2.75) is 32.0 Å². The van der Waals surface area contributed by atoms with E-state index in [1.54, 1.807) is 0 Å². The van der Waals surface area contributed by atoms with E-state index in [0.717, 1.165) is 23.3 Å². The van der Waals surface area contributed by atoms with Crippen molar-refractivity contribution in [1.29, 1.82) is 0 Å². The highest BCUT2D eigenvalue weighted by Crippen LogP contribution is 2.39. The molecule has 7 heteroatoms. The topological polar surface area (TPSA) is 40.5 Å². The van der Waals surface area contributed by atoms with Gasteiger partial charge in [-0.3, -0.25) is 9.69 Å². The molecule has 3 nitrogen and oxygen atoms in total. The van der Waals surface area contributed by atoms with Crippen molar-refractivity contribution < 1.29 is 23.1 Å². The van der Waals surface area contributed by atoms with E-state index in [0.29, 0.717) is 24.9 Å². The van der Waals surface area contributed by atoms with Crippen molar-refractivity contribution in [3.05, 3.63) is 69.7 Å². The van der Waals surface area contributed by atoms with Gasteiger partial charge < -0.3 is 5.11 Å². The number of hydrogen-bond acceptors (Lipinski definition) is 2. The van der Waals surface area contributed by atoms with Gasteiger partial charge in [0.25, 0.3) is 0 Å². The summed E-state index contributed by atoms with van der Waals surface area (Å²) in [6, 6.07) is 10.3. The van der Waals surface area contributed by atoms with Gasteiger partial charge in [0.05, 0.1) is 17.5 Å². The maximum atomic E-state index is 13.3. The molecular formula is C21H21ClF3NO2.